The number of ether oxygens (including phenoxy) is 1. The molecule has 0 radical (unpaired) electrons. The number of halogens is 1. The fourth-order valence-electron chi connectivity index (χ4n) is 0.958. The summed E-state index contributed by atoms with van der Waals surface area (Å²) < 4.78 is 5.35. The van der Waals surface area contributed by atoms with Crippen molar-refractivity contribution in [1.29, 1.82) is 0 Å². The van der Waals surface area contributed by atoms with Gasteiger partial charge in [0.15, 0.2) is 0 Å². The minimum Gasteiger partial charge on any atom is -0.374 e. The molecule has 0 aromatic carbocycles. The largest absolute Gasteiger partial charge is 0.374 e. The molecule has 0 bridgehead atoms. The molecule has 0 N–H and O–H groups in total. The van der Waals surface area contributed by atoms with E-state index in [2.05, 4.69) is 28.1 Å². The van der Waals surface area contributed by atoms with Crippen LogP contribution in [0.15, 0.2) is 12.2 Å². The van der Waals surface area contributed by atoms with Gasteiger partial charge >= 0.3 is 0 Å². The monoisotopic (exact) mass is 190 g/mol. The molecule has 9 heavy (non-hydrogen) atoms. The summed E-state index contributed by atoms with van der Waals surface area (Å²) in [6, 6.07) is 0. The maximum Gasteiger partial charge on any atom is 0.0756 e. The predicted molar refractivity (Wildman–Crippen MR) is 41.9 cm³/mol. The van der Waals surface area contributed by atoms with E-state index >= 15 is 0 Å². The quantitative estimate of drug-likeness (QED) is 0.479. The van der Waals surface area contributed by atoms with Crippen LogP contribution in [0.2, 0.25) is 0 Å². The normalized spacial score (nSPS) is 27.9. The van der Waals surface area contributed by atoms with Crippen LogP contribution in [-0.2, 0) is 4.74 Å². The van der Waals surface area contributed by atoms with Gasteiger partial charge in [-0.15, -0.1) is 0 Å². The van der Waals surface area contributed by atoms with Crippen LogP contribution in [0.4, 0.5) is 0 Å². The van der Waals surface area contributed by atoms with Crippen molar-refractivity contribution in [3.63, 3.8) is 0 Å². The van der Waals surface area contributed by atoms with Gasteiger partial charge in [0.2, 0.25) is 0 Å². The summed E-state index contributed by atoms with van der Waals surface area (Å²) in [5.41, 5.74) is 0. The summed E-state index contributed by atoms with van der Waals surface area (Å²) in [5.74, 6) is 0. The Bertz CT molecular complexity index is 95.1. The summed E-state index contributed by atoms with van der Waals surface area (Å²) in [6.45, 7) is 0.942. The third-order valence-electron chi connectivity index (χ3n) is 1.40. The van der Waals surface area contributed by atoms with Gasteiger partial charge in [0.1, 0.15) is 0 Å². The molecule has 1 unspecified atom stereocenters. The van der Waals surface area contributed by atoms with E-state index in [1.165, 1.54) is 12.8 Å². The maximum absolute atomic E-state index is 5.35. The van der Waals surface area contributed by atoms with Crippen molar-refractivity contribution >= 4 is 15.9 Å². The average molecular weight is 191 g/mol. The number of hydrogen-bond acceptors (Lipinski definition) is 1. The third kappa shape index (κ3) is 2.50. The van der Waals surface area contributed by atoms with Crippen LogP contribution in [0.1, 0.15) is 12.8 Å². The molecule has 0 spiro atoms. The lowest BCUT2D eigenvalue weighted by molar-refractivity contribution is 0.145. The van der Waals surface area contributed by atoms with Gasteiger partial charge in [0, 0.05) is 11.9 Å². The zero-order valence-corrected chi connectivity index (χ0v) is 6.93. The number of allylic oxidation sites excluding steroid dienone is 1. The smallest absolute Gasteiger partial charge is 0.0756 e. The Hall–Kier alpha value is 0.180. The molecule has 1 aliphatic rings. The molecule has 1 rings (SSSR count). The molecule has 1 heterocycles. The lowest BCUT2D eigenvalue weighted by Gasteiger charge is -1.99. The Kier molecular flexibility index (Phi) is 3.30. The molecule has 0 aliphatic carbocycles. The SMILES string of the molecule is BrC/C=C/C1CCCO1. The number of rotatable bonds is 2. The zero-order chi connectivity index (χ0) is 6.53. The molecule has 1 aliphatic heterocycles. The molecule has 0 amide bonds. The fourth-order valence-corrected chi connectivity index (χ4v) is 1.17. The van der Waals surface area contributed by atoms with Crippen LogP contribution < -0.4 is 0 Å². The van der Waals surface area contributed by atoms with E-state index in [-0.39, 0.29) is 0 Å². The van der Waals surface area contributed by atoms with Crippen molar-refractivity contribution in [2.45, 2.75) is 18.9 Å². The topological polar surface area (TPSA) is 9.23 Å². The highest BCUT2D eigenvalue weighted by atomic mass is 79.9. The van der Waals surface area contributed by atoms with E-state index in [1.807, 2.05) is 0 Å². The summed E-state index contributed by atoms with van der Waals surface area (Å²) in [7, 11) is 0. The number of hydrogen-bond donors (Lipinski definition) is 0. The van der Waals surface area contributed by atoms with E-state index in [4.69, 9.17) is 4.74 Å². The van der Waals surface area contributed by atoms with Crippen LogP contribution in [-0.4, -0.2) is 18.0 Å². The van der Waals surface area contributed by atoms with Crippen LogP contribution >= 0.6 is 15.9 Å². The molecular weight excluding hydrogens is 180 g/mol. The van der Waals surface area contributed by atoms with Crippen molar-refractivity contribution in [3.05, 3.63) is 12.2 Å². The highest BCUT2D eigenvalue weighted by Gasteiger charge is 2.10. The highest BCUT2D eigenvalue weighted by molar-refractivity contribution is 9.09. The van der Waals surface area contributed by atoms with Gasteiger partial charge in [-0.25, -0.2) is 0 Å². The van der Waals surface area contributed by atoms with E-state index in [9.17, 15) is 0 Å². The van der Waals surface area contributed by atoms with Gasteiger partial charge in [-0.05, 0) is 12.8 Å². The van der Waals surface area contributed by atoms with Crippen LogP contribution in [0, 0.1) is 0 Å². The van der Waals surface area contributed by atoms with E-state index in [1.54, 1.807) is 0 Å². The lowest BCUT2D eigenvalue weighted by Crippen LogP contribution is -1.98. The van der Waals surface area contributed by atoms with Gasteiger partial charge in [0.05, 0.1) is 6.10 Å². The summed E-state index contributed by atoms with van der Waals surface area (Å²) >= 11 is 3.31. The molecule has 0 aromatic rings. The third-order valence-corrected chi connectivity index (χ3v) is 1.78. The first-order valence-electron chi connectivity index (χ1n) is 3.27. The minimum absolute atomic E-state index is 0.405. The zero-order valence-electron chi connectivity index (χ0n) is 5.35. The second-order valence-electron chi connectivity index (χ2n) is 2.13. The molecule has 1 saturated heterocycles. The molecule has 0 aromatic heterocycles. The van der Waals surface area contributed by atoms with Gasteiger partial charge in [0.25, 0.3) is 0 Å². The molecule has 1 atom stereocenters. The van der Waals surface area contributed by atoms with Crippen LogP contribution in [0.3, 0.4) is 0 Å². The molecule has 1 nitrogen and oxygen atoms in total. The van der Waals surface area contributed by atoms with Crippen LogP contribution in [0.25, 0.3) is 0 Å². The fraction of sp³-hybridized carbons (Fsp3) is 0.714. The summed E-state index contributed by atoms with van der Waals surface area (Å²) in [6.07, 6.45) is 7.04. The van der Waals surface area contributed by atoms with E-state index in [0.717, 1.165) is 11.9 Å². The van der Waals surface area contributed by atoms with Gasteiger partial charge < -0.3 is 4.74 Å². The second-order valence-corrected chi connectivity index (χ2v) is 2.78. The first-order valence-corrected chi connectivity index (χ1v) is 4.40. The van der Waals surface area contributed by atoms with E-state index < -0.39 is 0 Å². The van der Waals surface area contributed by atoms with Crippen molar-refractivity contribution in [1.82, 2.24) is 0 Å². The van der Waals surface area contributed by atoms with Crippen molar-refractivity contribution in [2.24, 2.45) is 0 Å². The van der Waals surface area contributed by atoms with Gasteiger partial charge in [-0.2, -0.15) is 0 Å². The summed E-state index contributed by atoms with van der Waals surface area (Å²) in [4.78, 5) is 0. The molecule has 52 valence electrons. The van der Waals surface area contributed by atoms with E-state index in [0.29, 0.717) is 6.10 Å². The standard InChI is InChI=1S/C7H11BrO/c8-5-1-3-7-4-2-6-9-7/h1,3,7H,2,4-6H2/b3-1+. The first kappa shape index (κ1) is 7.29. The molecule has 1 fully saturated rings. The van der Waals surface area contributed by atoms with Gasteiger partial charge in [-0.3, -0.25) is 0 Å². The molecule has 0 saturated carbocycles. The van der Waals surface area contributed by atoms with Crippen molar-refractivity contribution in [3.8, 4) is 0 Å². The van der Waals surface area contributed by atoms with Crippen LogP contribution in [0.5, 0.6) is 0 Å². The van der Waals surface area contributed by atoms with Crippen molar-refractivity contribution < 1.29 is 4.74 Å². The Morgan fingerprint density at radius 2 is 2.56 bits per heavy atom. The highest BCUT2D eigenvalue weighted by Crippen LogP contribution is 2.12. The average Bonchev–Trinajstić information content (AvgIpc) is 2.34. The lowest BCUT2D eigenvalue weighted by atomic mass is 10.2. The Labute approximate surface area is 64.2 Å². The Morgan fingerprint density at radius 3 is 3.11 bits per heavy atom. The van der Waals surface area contributed by atoms with Gasteiger partial charge in [-0.1, -0.05) is 28.1 Å². The predicted octanol–water partition coefficient (Wildman–Crippen LogP) is 2.12. The Balaban J connectivity index is 2.18. The first-order chi connectivity index (χ1) is 4.43. The Morgan fingerprint density at radius 1 is 1.67 bits per heavy atom. The number of alkyl halides is 1. The molecular formula is C7H11BrO. The minimum atomic E-state index is 0.405. The van der Waals surface area contributed by atoms with Crippen molar-refractivity contribution in [2.75, 3.05) is 11.9 Å². The molecule has 2 heteroatoms. The second kappa shape index (κ2) is 4.07. The summed E-state index contributed by atoms with van der Waals surface area (Å²) in [5, 5.41) is 0.937. The maximum atomic E-state index is 5.35.